The molecule has 3 atom stereocenters. The topological polar surface area (TPSA) is 94.5 Å². The minimum absolute atomic E-state index is 0. The Hall–Kier alpha value is -0.190. The fraction of sp³-hybridized carbons (Fsp3) is 1.00. The molecular weight excluding hydrogens is 355 g/mol. The van der Waals surface area contributed by atoms with Gasteiger partial charge in [0.05, 0.1) is 0 Å². The van der Waals surface area contributed by atoms with E-state index in [0.717, 1.165) is 36.5 Å². The van der Waals surface area contributed by atoms with Crippen LogP contribution in [0, 0.1) is 35.5 Å². The minimum Gasteiger partial charge on any atom is -0.412 e. The van der Waals surface area contributed by atoms with Crippen LogP contribution in [-0.4, -0.2) is 22.6 Å². The highest BCUT2D eigenvalue weighted by Crippen LogP contribution is 2.40. The molecule has 0 aliphatic heterocycles. The maximum atomic E-state index is 12.8. The molecule has 0 bridgehead atoms. The van der Waals surface area contributed by atoms with Crippen LogP contribution >= 0.6 is 0 Å². The summed E-state index contributed by atoms with van der Waals surface area (Å²) < 4.78 is 12.8. The molecule has 0 spiro atoms. The number of alkyl halides is 1. The maximum absolute atomic E-state index is 12.8. The average molecular weight is 409 g/mol. The molecule has 3 nitrogen and oxygen atoms in total. The lowest BCUT2D eigenvalue weighted by molar-refractivity contribution is 0.145. The van der Waals surface area contributed by atoms with Crippen LogP contribution in [0.3, 0.4) is 0 Å². The lowest BCUT2D eigenvalue weighted by Gasteiger charge is -2.36. The molecule has 3 rings (SSSR count). The summed E-state index contributed by atoms with van der Waals surface area (Å²) in [7, 11) is 0. The third-order valence-corrected chi connectivity index (χ3v) is 7.15. The lowest BCUT2D eigenvalue weighted by atomic mass is 9.70. The molecule has 174 valence electrons. The zero-order valence-corrected chi connectivity index (χ0v) is 19.7. The number of rotatable bonds is 1. The van der Waals surface area contributed by atoms with Gasteiger partial charge in [0.15, 0.2) is 0 Å². The van der Waals surface area contributed by atoms with Gasteiger partial charge < -0.3 is 16.4 Å². The zero-order valence-electron chi connectivity index (χ0n) is 19.7. The summed E-state index contributed by atoms with van der Waals surface area (Å²) in [5.74, 6) is 5.21. The van der Waals surface area contributed by atoms with Gasteiger partial charge in [-0.25, -0.2) is 4.39 Å². The first kappa shape index (κ1) is 32.5. The van der Waals surface area contributed by atoms with Crippen molar-refractivity contribution < 1.29 is 20.8 Å². The quantitative estimate of drug-likeness (QED) is 0.511. The molecule has 4 heteroatoms. The first-order chi connectivity index (χ1) is 12.0. The van der Waals surface area contributed by atoms with Crippen molar-refractivity contribution in [3.05, 3.63) is 0 Å². The Morgan fingerprint density at radius 2 is 0.821 bits per heavy atom. The summed E-state index contributed by atoms with van der Waals surface area (Å²) in [6.45, 7) is 13.0. The monoisotopic (exact) mass is 408 g/mol. The van der Waals surface area contributed by atoms with Crippen molar-refractivity contribution >= 4 is 0 Å². The Bertz CT molecular complexity index is 304. The Morgan fingerprint density at radius 3 is 1.11 bits per heavy atom. The van der Waals surface area contributed by atoms with Crippen LogP contribution in [0.2, 0.25) is 0 Å². The molecular formula is C24H53FO3. The van der Waals surface area contributed by atoms with Crippen molar-refractivity contribution in [2.45, 2.75) is 118 Å². The van der Waals surface area contributed by atoms with Gasteiger partial charge in [-0.05, 0) is 74.0 Å². The van der Waals surface area contributed by atoms with Crippen LogP contribution in [-0.2, 0) is 0 Å². The van der Waals surface area contributed by atoms with Crippen molar-refractivity contribution in [3.8, 4) is 0 Å². The molecule has 0 saturated heterocycles. The molecule has 3 aliphatic carbocycles. The normalized spacial score (nSPS) is 37.2. The first-order valence-electron chi connectivity index (χ1n) is 11.6. The molecule has 0 aromatic carbocycles. The Kier molecular flexibility index (Phi) is 20.5. The van der Waals surface area contributed by atoms with Gasteiger partial charge in [0.2, 0.25) is 0 Å². The highest BCUT2D eigenvalue weighted by atomic mass is 19.1. The fourth-order valence-corrected chi connectivity index (χ4v) is 4.98. The van der Waals surface area contributed by atoms with E-state index in [1.807, 2.05) is 20.8 Å². The van der Waals surface area contributed by atoms with E-state index >= 15 is 0 Å². The van der Waals surface area contributed by atoms with Gasteiger partial charge >= 0.3 is 0 Å². The standard InChI is InChI=1S/C14H26.C8H15F.C2H6.3H2O/c1-11-3-7-13(8-4-11)14-9-5-12(2)6-10-14;1-6-3-4-7(2)8(9)5-6;1-2;;;/h11-14H,3-10H2,1-2H3;6-8H,3-5H2,1-2H3;1-2H3;3*1H2. The first-order valence-corrected chi connectivity index (χ1v) is 11.6. The van der Waals surface area contributed by atoms with E-state index in [-0.39, 0.29) is 16.4 Å². The average Bonchev–Trinajstić information content (AvgIpc) is 2.62. The van der Waals surface area contributed by atoms with E-state index in [2.05, 4.69) is 20.8 Å². The molecule has 0 aromatic rings. The van der Waals surface area contributed by atoms with E-state index in [1.54, 1.807) is 25.7 Å². The Labute approximate surface area is 175 Å². The van der Waals surface area contributed by atoms with Gasteiger partial charge in [0.25, 0.3) is 0 Å². The molecule has 0 amide bonds. The van der Waals surface area contributed by atoms with E-state index in [1.165, 1.54) is 32.1 Å². The van der Waals surface area contributed by atoms with Crippen LogP contribution in [0.4, 0.5) is 4.39 Å². The third kappa shape index (κ3) is 11.7. The van der Waals surface area contributed by atoms with Crippen LogP contribution in [0.15, 0.2) is 0 Å². The summed E-state index contributed by atoms with van der Waals surface area (Å²) in [6, 6.07) is 0. The smallest absolute Gasteiger partial charge is 0.103 e. The van der Waals surface area contributed by atoms with Gasteiger partial charge in [-0.15, -0.1) is 0 Å². The fourth-order valence-electron chi connectivity index (χ4n) is 4.98. The third-order valence-electron chi connectivity index (χ3n) is 7.15. The van der Waals surface area contributed by atoms with Gasteiger partial charge in [0, 0.05) is 0 Å². The molecule has 28 heavy (non-hydrogen) atoms. The largest absolute Gasteiger partial charge is 0.412 e. The van der Waals surface area contributed by atoms with E-state index in [0.29, 0.717) is 11.8 Å². The molecule has 3 aliphatic rings. The van der Waals surface area contributed by atoms with E-state index in [9.17, 15) is 4.39 Å². The van der Waals surface area contributed by atoms with Crippen molar-refractivity contribution in [2.75, 3.05) is 0 Å². The number of hydrogen-bond donors (Lipinski definition) is 0. The van der Waals surface area contributed by atoms with E-state index in [4.69, 9.17) is 0 Å². The molecule has 6 N–H and O–H groups in total. The SMILES string of the molecule is CC.CC1CCC(C)C(F)C1.CC1CCC(C2CCC(C)CC2)CC1.O.O.O. The second kappa shape index (κ2) is 17.7. The minimum atomic E-state index is -0.520. The van der Waals surface area contributed by atoms with Gasteiger partial charge in [-0.1, -0.05) is 73.6 Å². The number of halogens is 1. The highest BCUT2D eigenvalue weighted by molar-refractivity contribution is 4.80. The van der Waals surface area contributed by atoms with Crippen LogP contribution in [0.25, 0.3) is 0 Å². The maximum Gasteiger partial charge on any atom is 0.103 e. The van der Waals surface area contributed by atoms with Crippen molar-refractivity contribution in [3.63, 3.8) is 0 Å². The van der Waals surface area contributed by atoms with Crippen LogP contribution < -0.4 is 0 Å². The van der Waals surface area contributed by atoms with Crippen molar-refractivity contribution in [1.82, 2.24) is 0 Å². The predicted molar refractivity (Wildman–Crippen MR) is 122 cm³/mol. The summed E-state index contributed by atoms with van der Waals surface area (Å²) in [6.07, 6.45) is 14.8. The van der Waals surface area contributed by atoms with Gasteiger partial charge in [-0.3, -0.25) is 0 Å². The summed E-state index contributed by atoms with van der Waals surface area (Å²) in [5.41, 5.74) is 0. The number of hydrogen-bond acceptors (Lipinski definition) is 0. The van der Waals surface area contributed by atoms with Gasteiger partial charge in [0.1, 0.15) is 6.17 Å². The Balaban J connectivity index is -0.000000396. The van der Waals surface area contributed by atoms with Crippen molar-refractivity contribution in [1.29, 1.82) is 0 Å². The molecule has 3 fully saturated rings. The van der Waals surface area contributed by atoms with Gasteiger partial charge in [-0.2, -0.15) is 0 Å². The highest BCUT2D eigenvalue weighted by Gasteiger charge is 2.28. The Morgan fingerprint density at radius 1 is 0.500 bits per heavy atom. The molecule has 0 heterocycles. The molecule has 0 aromatic heterocycles. The second-order valence-electron chi connectivity index (χ2n) is 9.45. The molecule has 0 radical (unpaired) electrons. The van der Waals surface area contributed by atoms with Crippen molar-refractivity contribution in [2.24, 2.45) is 35.5 Å². The van der Waals surface area contributed by atoms with E-state index < -0.39 is 6.17 Å². The summed E-state index contributed by atoms with van der Waals surface area (Å²) in [5, 5.41) is 0. The molecule has 3 unspecified atom stereocenters. The molecule has 3 saturated carbocycles. The van der Waals surface area contributed by atoms with Crippen LogP contribution in [0.1, 0.15) is 112 Å². The summed E-state index contributed by atoms with van der Waals surface area (Å²) >= 11 is 0. The second-order valence-corrected chi connectivity index (χ2v) is 9.45. The predicted octanol–water partition coefficient (Wildman–Crippen LogP) is 5.97. The zero-order chi connectivity index (χ0) is 18.8. The lowest BCUT2D eigenvalue weighted by Crippen LogP contribution is -2.24. The van der Waals surface area contributed by atoms with Crippen LogP contribution in [0.5, 0.6) is 0 Å². The summed E-state index contributed by atoms with van der Waals surface area (Å²) in [4.78, 5) is 0.